The Morgan fingerprint density at radius 1 is 1.35 bits per heavy atom. The summed E-state index contributed by atoms with van der Waals surface area (Å²) in [5.74, 6) is 0.915. The van der Waals surface area contributed by atoms with Crippen LogP contribution in [-0.2, 0) is 17.6 Å². The second-order valence-corrected chi connectivity index (χ2v) is 5.69. The number of carbonyl (C=O) groups excluding carboxylic acids is 1. The summed E-state index contributed by atoms with van der Waals surface area (Å²) >= 11 is 1.72. The highest BCUT2D eigenvalue weighted by Gasteiger charge is 2.05. The molecule has 0 radical (unpaired) electrons. The normalized spacial score (nSPS) is 10.3. The maximum Gasteiger partial charge on any atom is 0.224 e. The lowest BCUT2D eigenvalue weighted by molar-refractivity contribution is -0.120. The Labute approximate surface area is 123 Å². The molecular formula is C16H19NO2S. The molecule has 0 aliphatic heterocycles. The van der Waals surface area contributed by atoms with Gasteiger partial charge < -0.3 is 10.1 Å². The zero-order valence-corrected chi connectivity index (χ0v) is 12.6. The predicted octanol–water partition coefficient (Wildman–Crippen LogP) is 2.97. The van der Waals surface area contributed by atoms with Crippen LogP contribution in [0.15, 0.2) is 35.7 Å². The summed E-state index contributed by atoms with van der Waals surface area (Å²) < 4.78 is 5.21. The summed E-state index contributed by atoms with van der Waals surface area (Å²) in [7, 11) is 1.65. The van der Waals surface area contributed by atoms with Crippen molar-refractivity contribution in [3.8, 4) is 5.75 Å². The Morgan fingerprint density at radius 2 is 2.20 bits per heavy atom. The third-order valence-corrected chi connectivity index (χ3v) is 4.03. The number of amides is 1. The van der Waals surface area contributed by atoms with Crippen LogP contribution in [0.5, 0.6) is 5.75 Å². The Kier molecular flexibility index (Phi) is 5.18. The SMILES string of the molecule is COc1ccc(CC(=O)NCCc2cccs2)cc1C. The fraction of sp³-hybridized carbons (Fsp3) is 0.312. The summed E-state index contributed by atoms with van der Waals surface area (Å²) in [4.78, 5) is 13.2. The topological polar surface area (TPSA) is 38.3 Å². The largest absolute Gasteiger partial charge is 0.496 e. The van der Waals surface area contributed by atoms with E-state index in [4.69, 9.17) is 4.74 Å². The first-order valence-electron chi connectivity index (χ1n) is 6.61. The molecule has 0 aliphatic rings. The minimum atomic E-state index is 0.0612. The Balaban J connectivity index is 1.80. The van der Waals surface area contributed by atoms with Crippen molar-refractivity contribution in [3.63, 3.8) is 0 Å². The first-order chi connectivity index (χ1) is 9.69. The number of hydrogen-bond acceptors (Lipinski definition) is 3. The summed E-state index contributed by atoms with van der Waals surface area (Å²) in [6.07, 6.45) is 1.31. The van der Waals surface area contributed by atoms with E-state index in [1.807, 2.05) is 31.2 Å². The number of ether oxygens (including phenoxy) is 1. The molecule has 1 heterocycles. The van der Waals surface area contributed by atoms with E-state index in [0.29, 0.717) is 13.0 Å². The standard InChI is InChI=1S/C16H19NO2S/c1-12-10-13(5-6-15(12)19-2)11-16(18)17-8-7-14-4-3-9-20-14/h3-6,9-10H,7-8,11H2,1-2H3,(H,17,18). The molecule has 20 heavy (non-hydrogen) atoms. The first kappa shape index (κ1) is 14.6. The molecule has 1 aromatic heterocycles. The Hall–Kier alpha value is -1.81. The molecule has 0 aliphatic carbocycles. The van der Waals surface area contributed by atoms with E-state index in [1.54, 1.807) is 18.4 Å². The number of methoxy groups -OCH3 is 1. The molecule has 1 N–H and O–H groups in total. The number of thiophene rings is 1. The van der Waals surface area contributed by atoms with Gasteiger partial charge in [0.15, 0.2) is 0 Å². The second-order valence-electron chi connectivity index (χ2n) is 4.66. The molecule has 0 saturated heterocycles. The quantitative estimate of drug-likeness (QED) is 0.888. The van der Waals surface area contributed by atoms with Crippen molar-refractivity contribution in [2.24, 2.45) is 0 Å². The molecule has 2 rings (SSSR count). The minimum Gasteiger partial charge on any atom is -0.496 e. The molecule has 0 atom stereocenters. The van der Waals surface area contributed by atoms with Crippen molar-refractivity contribution >= 4 is 17.2 Å². The van der Waals surface area contributed by atoms with Crippen LogP contribution in [0.2, 0.25) is 0 Å². The highest BCUT2D eigenvalue weighted by molar-refractivity contribution is 7.09. The van der Waals surface area contributed by atoms with E-state index >= 15 is 0 Å². The Morgan fingerprint density at radius 3 is 2.85 bits per heavy atom. The van der Waals surface area contributed by atoms with E-state index in [1.165, 1.54) is 4.88 Å². The number of hydrogen-bond donors (Lipinski definition) is 1. The molecule has 0 unspecified atom stereocenters. The van der Waals surface area contributed by atoms with Crippen molar-refractivity contribution in [2.75, 3.05) is 13.7 Å². The van der Waals surface area contributed by atoms with Gasteiger partial charge in [-0.2, -0.15) is 0 Å². The van der Waals surface area contributed by atoms with Crippen LogP contribution in [0.3, 0.4) is 0 Å². The van der Waals surface area contributed by atoms with Crippen molar-refractivity contribution in [2.45, 2.75) is 19.8 Å². The van der Waals surface area contributed by atoms with Crippen molar-refractivity contribution in [3.05, 3.63) is 51.7 Å². The molecule has 1 amide bonds. The first-order valence-corrected chi connectivity index (χ1v) is 7.49. The van der Waals surface area contributed by atoms with Crippen LogP contribution in [0.4, 0.5) is 0 Å². The van der Waals surface area contributed by atoms with Crippen molar-refractivity contribution in [1.82, 2.24) is 5.32 Å². The molecule has 3 nitrogen and oxygen atoms in total. The van der Waals surface area contributed by atoms with E-state index in [-0.39, 0.29) is 5.91 Å². The predicted molar refractivity (Wildman–Crippen MR) is 82.5 cm³/mol. The van der Waals surface area contributed by atoms with Gasteiger partial charge in [-0.1, -0.05) is 18.2 Å². The van der Waals surface area contributed by atoms with Crippen molar-refractivity contribution < 1.29 is 9.53 Å². The summed E-state index contributed by atoms with van der Waals surface area (Å²) in [6, 6.07) is 9.96. The third-order valence-electron chi connectivity index (χ3n) is 3.10. The molecule has 0 fully saturated rings. The van der Waals surface area contributed by atoms with Gasteiger partial charge in [-0.15, -0.1) is 11.3 Å². The van der Waals surface area contributed by atoms with E-state index in [9.17, 15) is 4.79 Å². The Bertz CT molecular complexity index is 564. The number of rotatable bonds is 6. The molecular weight excluding hydrogens is 270 g/mol. The summed E-state index contributed by atoms with van der Waals surface area (Å²) in [5, 5.41) is 5.01. The van der Waals surface area contributed by atoms with Gasteiger partial charge in [0.1, 0.15) is 5.75 Å². The van der Waals surface area contributed by atoms with Gasteiger partial charge >= 0.3 is 0 Å². The maximum atomic E-state index is 11.9. The fourth-order valence-corrected chi connectivity index (χ4v) is 2.79. The van der Waals surface area contributed by atoms with Gasteiger partial charge in [0, 0.05) is 11.4 Å². The van der Waals surface area contributed by atoms with Gasteiger partial charge in [-0.25, -0.2) is 0 Å². The van der Waals surface area contributed by atoms with E-state index in [2.05, 4.69) is 16.8 Å². The van der Waals surface area contributed by atoms with Crippen LogP contribution in [0.1, 0.15) is 16.0 Å². The molecule has 0 spiro atoms. The van der Waals surface area contributed by atoms with Gasteiger partial charge in [-0.05, 0) is 42.0 Å². The molecule has 0 saturated carbocycles. The lowest BCUT2D eigenvalue weighted by atomic mass is 10.1. The number of nitrogens with one attached hydrogen (secondary N) is 1. The molecule has 4 heteroatoms. The van der Waals surface area contributed by atoms with Crippen LogP contribution >= 0.6 is 11.3 Å². The van der Waals surface area contributed by atoms with Gasteiger partial charge in [0.2, 0.25) is 5.91 Å². The van der Waals surface area contributed by atoms with E-state index < -0.39 is 0 Å². The van der Waals surface area contributed by atoms with Crippen LogP contribution in [0.25, 0.3) is 0 Å². The van der Waals surface area contributed by atoms with E-state index in [0.717, 1.165) is 23.3 Å². The second kappa shape index (κ2) is 7.10. The van der Waals surface area contributed by atoms with Crippen LogP contribution in [0, 0.1) is 6.92 Å². The number of carbonyl (C=O) groups is 1. The average molecular weight is 289 g/mol. The number of aryl methyl sites for hydroxylation is 1. The lowest BCUT2D eigenvalue weighted by Gasteiger charge is -2.08. The molecule has 2 aromatic rings. The van der Waals surface area contributed by atoms with Crippen LogP contribution < -0.4 is 10.1 Å². The lowest BCUT2D eigenvalue weighted by Crippen LogP contribution is -2.27. The zero-order chi connectivity index (χ0) is 14.4. The smallest absolute Gasteiger partial charge is 0.224 e. The molecule has 0 bridgehead atoms. The highest BCUT2D eigenvalue weighted by Crippen LogP contribution is 2.18. The monoisotopic (exact) mass is 289 g/mol. The van der Waals surface area contributed by atoms with Gasteiger partial charge in [-0.3, -0.25) is 4.79 Å². The van der Waals surface area contributed by atoms with Crippen LogP contribution in [-0.4, -0.2) is 19.6 Å². The average Bonchev–Trinajstić information content (AvgIpc) is 2.92. The highest BCUT2D eigenvalue weighted by atomic mass is 32.1. The number of benzene rings is 1. The maximum absolute atomic E-state index is 11.9. The van der Waals surface area contributed by atoms with Gasteiger partial charge in [0.25, 0.3) is 0 Å². The van der Waals surface area contributed by atoms with Crippen molar-refractivity contribution in [1.29, 1.82) is 0 Å². The molecule has 106 valence electrons. The fourth-order valence-electron chi connectivity index (χ4n) is 2.08. The third kappa shape index (κ3) is 4.10. The summed E-state index contributed by atoms with van der Waals surface area (Å²) in [5.41, 5.74) is 2.06. The molecule has 1 aromatic carbocycles. The van der Waals surface area contributed by atoms with Gasteiger partial charge in [0.05, 0.1) is 13.5 Å². The minimum absolute atomic E-state index is 0.0612. The zero-order valence-electron chi connectivity index (χ0n) is 11.8. The summed E-state index contributed by atoms with van der Waals surface area (Å²) in [6.45, 7) is 2.67.